The molecule has 0 bridgehead atoms. The Kier molecular flexibility index (Phi) is 5.15. The molecule has 8 heteroatoms. The third kappa shape index (κ3) is 4.05. The van der Waals surface area contributed by atoms with Crippen LogP contribution in [0.15, 0.2) is 43.7 Å². The highest BCUT2D eigenvalue weighted by Gasteiger charge is 2.17. The first-order valence-corrected chi connectivity index (χ1v) is 8.52. The zero-order valence-corrected chi connectivity index (χ0v) is 15.8. The Labute approximate surface area is 157 Å². The van der Waals surface area contributed by atoms with E-state index in [2.05, 4.69) is 26.4 Å². The van der Waals surface area contributed by atoms with Gasteiger partial charge in [0.1, 0.15) is 29.5 Å². The Morgan fingerprint density at radius 2 is 2.12 bits per heavy atom. The minimum Gasteiger partial charge on any atom is -0.484 e. The number of benzene rings is 1. The standard InChI is InChI=1S/C17H14BrClN2O4/c1-9-16(10(2)25-21-9)20-17(22)15-6-4-12(24-15)8-23-14-5-3-11(18)7-13(14)19/h3-7H,8H2,1-2H3,(H,20,22). The topological polar surface area (TPSA) is 77.5 Å². The molecule has 0 atom stereocenters. The number of hydrogen-bond acceptors (Lipinski definition) is 5. The molecule has 130 valence electrons. The monoisotopic (exact) mass is 424 g/mol. The van der Waals surface area contributed by atoms with Crippen molar-refractivity contribution < 1.29 is 18.5 Å². The third-order valence-corrected chi connectivity index (χ3v) is 4.21. The number of nitrogens with one attached hydrogen (secondary N) is 1. The molecule has 0 spiro atoms. The minimum atomic E-state index is -0.387. The van der Waals surface area contributed by atoms with Crippen molar-refractivity contribution in [2.75, 3.05) is 5.32 Å². The van der Waals surface area contributed by atoms with Gasteiger partial charge in [-0.05, 0) is 44.2 Å². The molecule has 1 amide bonds. The van der Waals surface area contributed by atoms with Crippen LogP contribution >= 0.6 is 27.5 Å². The van der Waals surface area contributed by atoms with Crippen LogP contribution in [0.4, 0.5) is 5.69 Å². The zero-order valence-electron chi connectivity index (χ0n) is 13.4. The molecule has 0 radical (unpaired) electrons. The van der Waals surface area contributed by atoms with Gasteiger partial charge in [0.2, 0.25) is 0 Å². The van der Waals surface area contributed by atoms with Gasteiger partial charge in [-0.3, -0.25) is 4.79 Å². The van der Waals surface area contributed by atoms with Crippen LogP contribution in [0.3, 0.4) is 0 Å². The largest absolute Gasteiger partial charge is 0.484 e. The summed E-state index contributed by atoms with van der Waals surface area (Å²) in [5, 5.41) is 6.99. The number of furan rings is 1. The van der Waals surface area contributed by atoms with Crippen molar-refractivity contribution in [3.05, 3.63) is 62.8 Å². The zero-order chi connectivity index (χ0) is 18.0. The van der Waals surface area contributed by atoms with Crippen molar-refractivity contribution in [2.24, 2.45) is 0 Å². The third-order valence-electron chi connectivity index (χ3n) is 3.42. The van der Waals surface area contributed by atoms with E-state index in [4.69, 9.17) is 25.3 Å². The molecule has 0 fully saturated rings. The van der Waals surface area contributed by atoms with E-state index in [0.29, 0.717) is 33.7 Å². The number of aryl methyl sites for hydroxylation is 2. The number of aromatic nitrogens is 1. The van der Waals surface area contributed by atoms with Crippen molar-refractivity contribution in [2.45, 2.75) is 20.5 Å². The van der Waals surface area contributed by atoms with E-state index in [1.54, 1.807) is 38.1 Å². The average Bonchev–Trinajstić information content (AvgIpc) is 3.16. The summed E-state index contributed by atoms with van der Waals surface area (Å²) in [5.74, 6) is 1.35. The van der Waals surface area contributed by atoms with E-state index in [0.717, 1.165) is 4.47 Å². The quantitative estimate of drug-likeness (QED) is 0.613. The first-order chi connectivity index (χ1) is 11.9. The lowest BCUT2D eigenvalue weighted by Crippen LogP contribution is -2.12. The molecule has 0 aliphatic carbocycles. The Hall–Kier alpha value is -2.25. The second-order valence-corrected chi connectivity index (χ2v) is 6.61. The molecule has 2 aromatic heterocycles. The van der Waals surface area contributed by atoms with E-state index < -0.39 is 0 Å². The molecule has 3 aromatic rings. The average molecular weight is 426 g/mol. The molecule has 6 nitrogen and oxygen atoms in total. The molecule has 25 heavy (non-hydrogen) atoms. The Morgan fingerprint density at radius 3 is 2.80 bits per heavy atom. The molecule has 2 heterocycles. The smallest absolute Gasteiger partial charge is 0.291 e. The van der Waals surface area contributed by atoms with Gasteiger partial charge in [0.15, 0.2) is 11.5 Å². The van der Waals surface area contributed by atoms with Gasteiger partial charge in [0.25, 0.3) is 5.91 Å². The number of anilines is 1. The lowest BCUT2D eigenvalue weighted by atomic mass is 10.3. The van der Waals surface area contributed by atoms with Gasteiger partial charge in [-0.15, -0.1) is 0 Å². The molecular formula is C17H14BrClN2O4. The maximum atomic E-state index is 12.3. The van der Waals surface area contributed by atoms with Gasteiger partial charge < -0.3 is 19.0 Å². The molecular weight excluding hydrogens is 412 g/mol. The molecule has 1 N–H and O–H groups in total. The number of nitrogens with zero attached hydrogens (tertiary/aromatic N) is 1. The van der Waals surface area contributed by atoms with Gasteiger partial charge in [-0.2, -0.15) is 0 Å². The predicted molar refractivity (Wildman–Crippen MR) is 96.1 cm³/mol. The first kappa shape index (κ1) is 17.6. The van der Waals surface area contributed by atoms with Crippen LogP contribution in [0.5, 0.6) is 5.75 Å². The van der Waals surface area contributed by atoms with E-state index >= 15 is 0 Å². The number of ether oxygens (including phenoxy) is 1. The number of hydrogen-bond donors (Lipinski definition) is 1. The molecule has 0 saturated heterocycles. The number of rotatable bonds is 5. The molecule has 0 aliphatic rings. The summed E-state index contributed by atoms with van der Waals surface area (Å²) in [5.41, 5.74) is 1.15. The lowest BCUT2D eigenvalue weighted by Gasteiger charge is -2.06. The van der Waals surface area contributed by atoms with Crippen molar-refractivity contribution in [3.8, 4) is 5.75 Å². The Balaban J connectivity index is 1.65. The van der Waals surface area contributed by atoms with Crippen molar-refractivity contribution in [1.29, 1.82) is 0 Å². The predicted octanol–water partition coefficient (Wildman–Crippen LogP) is 5.13. The van der Waals surface area contributed by atoms with Gasteiger partial charge in [0, 0.05) is 4.47 Å². The number of carbonyl (C=O) groups is 1. The molecule has 1 aromatic carbocycles. The van der Waals surface area contributed by atoms with Crippen LogP contribution in [-0.2, 0) is 6.61 Å². The second kappa shape index (κ2) is 7.33. The fourth-order valence-electron chi connectivity index (χ4n) is 2.16. The molecule has 3 rings (SSSR count). The normalized spacial score (nSPS) is 10.7. The fraction of sp³-hybridized carbons (Fsp3) is 0.176. The second-order valence-electron chi connectivity index (χ2n) is 5.28. The SMILES string of the molecule is Cc1noc(C)c1NC(=O)c1ccc(COc2ccc(Br)cc2Cl)o1. The maximum Gasteiger partial charge on any atom is 0.291 e. The van der Waals surface area contributed by atoms with Crippen LogP contribution in [-0.4, -0.2) is 11.1 Å². The molecule has 0 aliphatic heterocycles. The van der Waals surface area contributed by atoms with E-state index in [1.807, 2.05) is 6.07 Å². The van der Waals surface area contributed by atoms with Gasteiger partial charge in [0.05, 0.1) is 5.02 Å². The van der Waals surface area contributed by atoms with Gasteiger partial charge in [-0.25, -0.2) is 0 Å². The highest BCUT2D eigenvalue weighted by atomic mass is 79.9. The van der Waals surface area contributed by atoms with E-state index in [1.165, 1.54) is 0 Å². The lowest BCUT2D eigenvalue weighted by molar-refractivity contribution is 0.0992. The Morgan fingerprint density at radius 1 is 1.32 bits per heavy atom. The summed E-state index contributed by atoms with van der Waals surface area (Å²) in [7, 11) is 0. The number of carbonyl (C=O) groups excluding carboxylic acids is 1. The summed E-state index contributed by atoms with van der Waals surface area (Å²) < 4.78 is 17.0. The van der Waals surface area contributed by atoms with Gasteiger partial charge >= 0.3 is 0 Å². The number of halogens is 2. The van der Waals surface area contributed by atoms with Crippen LogP contribution in [0, 0.1) is 13.8 Å². The summed E-state index contributed by atoms with van der Waals surface area (Å²) in [6, 6.07) is 8.57. The minimum absolute atomic E-state index is 0.153. The Bertz CT molecular complexity index is 900. The molecule has 0 saturated carbocycles. The summed E-state index contributed by atoms with van der Waals surface area (Å²) in [4.78, 5) is 12.3. The van der Waals surface area contributed by atoms with Crippen molar-refractivity contribution in [1.82, 2.24) is 5.16 Å². The van der Waals surface area contributed by atoms with Crippen LogP contribution < -0.4 is 10.1 Å². The first-order valence-electron chi connectivity index (χ1n) is 7.35. The summed E-state index contributed by atoms with van der Waals surface area (Å²) >= 11 is 9.43. The highest BCUT2D eigenvalue weighted by Crippen LogP contribution is 2.28. The van der Waals surface area contributed by atoms with E-state index in [-0.39, 0.29) is 18.3 Å². The fourth-order valence-corrected chi connectivity index (χ4v) is 2.88. The van der Waals surface area contributed by atoms with E-state index in [9.17, 15) is 4.79 Å². The molecule has 0 unspecified atom stereocenters. The maximum absolute atomic E-state index is 12.3. The highest BCUT2D eigenvalue weighted by molar-refractivity contribution is 9.10. The van der Waals surface area contributed by atoms with Gasteiger partial charge in [-0.1, -0.05) is 32.7 Å². The van der Waals surface area contributed by atoms with Crippen LogP contribution in [0.2, 0.25) is 5.02 Å². The summed E-state index contributed by atoms with van der Waals surface area (Å²) in [6.07, 6.45) is 0. The van der Waals surface area contributed by atoms with Crippen LogP contribution in [0.1, 0.15) is 27.8 Å². The van der Waals surface area contributed by atoms with Crippen LogP contribution in [0.25, 0.3) is 0 Å². The number of amides is 1. The van der Waals surface area contributed by atoms with Crippen molar-refractivity contribution in [3.63, 3.8) is 0 Å². The van der Waals surface area contributed by atoms with Crippen molar-refractivity contribution >= 4 is 39.1 Å². The summed E-state index contributed by atoms with van der Waals surface area (Å²) in [6.45, 7) is 3.62.